The van der Waals surface area contributed by atoms with Crippen LogP contribution in [0.4, 0.5) is 0 Å². The lowest BCUT2D eigenvalue weighted by Gasteiger charge is -2.19. The average Bonchev–Trinajstić information content (AvgIpc) is 2.97. The molecule has 0 aliphatic carbocycles. The van der Waals surface area contributed by atoms with E-state index < -0.39 is 11.4 Å². The van der Waals surface area contributed by atoms with Gasteiger partial charge in [-0.05, 0) is 44.0 Å². The van der Waals surface area contributed by atoms with Gasteiger partial charge in [0.05, 0.1) is 19.1 Å². The maximum atomic E-state index is 12.3. The number of benzene rings is 1. The van der Waals surface area contributed by atoms with E-state index in [0.717, 1.165) is 5.56 Å². The Balaban J connectivity index is 2.07. The van der Waals surface area contributed by atoms with E-state index in [-0.39, 0.29) is 12.5 Å². The van der Waals surface area contributed by atoms with E-state index in [1.165, 1.54) is 6.08 Å². The molecule has 1 aliphatic rings. The molecule has 0 aromatic heterocycles. The largest absolute Gasteiger partial charge is 0.493 e. The molecule has 1 fully saturated rings. The van der Waals surface area contributed by atoms with Crippen molar-refractivity contribution in [2.75, 3.05) is 26.8 Å². The van der Waals surface area contributed by atoms with E-state index in [1.54, 1.807) is 37.1 Å². The molecule has 130 valence electrons. The fourth-order valence-electron chi connectivity index (χ4n) is 2.66. The fraction of sp³-hybridized carbons (Fsp3) is 0.444. The lowest BCUT2D eigenvalue weighted by atomic mass is 9.90. The first-order chi connectivity index (χ1) is 11.4. The molecule has 1 saturated heterocycles. The highest BCUT2D eigenvalue weighted by molar-refractivity contribution is 5.92. The molecular formula is C18H23NO5. The highest BCUT2D eigenvalue weighted by atomic mass is 16.5. The Labute approximate surface area is 141 Å². The van der Waals surface area contributed by atoms with Gasteiger partial charge in [0.2, 0.25) is 5.91 Å². The second kappa shape index (κ2) is 7.38. The van der Waals surface area contributed by atoms with Crippen molar-refractivity contribution >= 4 is 18.0 Å². The molecule has 1 amide bonds. The van der Waals surface area contributed by atoms with Crippen LogP contribution in [0, 0.1) is 5.41 Å². The van der Waals surface area contributed by atoms with Crippen LogP contribution >= 0.6 is 0 Å². The number of nitrogens with zero attached hydrogens (tertiary/aromatic N) is 1. The third kappa shape index (κ3) is 3.88. The Morgan fingerprint density at radius 2 is 2.12 bits per heavy atom. The standard InChI is InChI=1S/C18H23NO5/c1-4-24-15-11-13(5-7-14(15)23-3)6-8-16(20)19-10-9-18(2,12-19)17(21)22/h5-8,11H,4,9-10,12H2,1-3H3,(H,21,22). The van der Waals surface area contributed by atoms with Crippen molar-refractivity contribution in [2.24, 2.45) is 5.41 Å². The van der Waals surface area contributed by atoms with Gasteiger partial charge in [-0.2, -0.15) is 0 Å². The minimum atomic E-state index is -0.863. The van der Waals surface area contributed by atoms with Crippen LogP contribution in [0.25, 0.3) is 6.08 Å². The second-order valence-electron chi connectivity index (χ2n) is 6.05. The molecule has 1 atom stereocenters. The number of hydrogen-bond donors (Lipinski definition) is 1. The quantitative estimate of drug-likeness (QED) is 0.809. The van der Waals surface area contributed by atoms with Crippen molar-refractivity contribution < 1.29 is 24.2 Å². The lowest BCUT2D eigenvalue weighted by Crippen LogP contribution is -2.34. The van der Waals surface area contributed by atoms with Crippen molar-refractivity contribution in [3.63, 3.8) is 0 Å². The smallest absolute Gasteiger partial charge is 0.311 e. The lowest BCUT2D eigenvalue weighted by molar-refractivity contribution is -0.147. The number of amides is 1. The Hall–Kier alpha value is -2.50. The van der Waals surface area contributed by atoms with E-state index in [4.69, 9.17) is 9.47 Å². The van der Waals surface area contributed by atoms with E-state index in [9.17, 15) is 14.7 Å². The van der Waals surface area contributed by atoms with Gasteiger partial charge < -0.3 is 19.5 Å². The van der Waals surface area contributed by atoms with Crippen molar-refractivity contribution in [3.8, 4) is 11.5 Å². The van der Waals surface area contributed by atoms with Gasteiger partial charge in [0.25, 0.3) is 0 Å². The van der Waals surface area contributed by atoms with Crippen LogP contribution in [0.5, 0.6) is 11.5 Å². The topological polar surface area (TPSA) is 76.1 Å². The van der Waals surface area contributed by atoms with Crippen LogP contribution in [-0.2, 0) is 9.59 Å². The molecule has 6 nitrogen and oxygen atoms in total. The third-order valence-corrected chi connectivity index (χ3v) is 4.21. The minimum Gasteiger partial charge on any atom is -0.493 e. The van der Waals surface area contributed by atoms with Gasteiger partial charge in [-0.1, -0.05) is 6.07 Å². The highest BCUT2D eigenvalue weighted by Gasteiger charge is 2.41. The first-order valence-electron chi connectivity index (χ1n) is 7.91. The molecule has 0 bridgehead atoms. The number of likely N-dealkylation sites (tertiary alicyclic amines) is 1. The van der Waals surface area contributed by atoms with Gasteiger partial charge in [0, 0.05) is 19.2 Å². The van der Waals surface area contributed by atoms with Crippen LogP contribution in [0.3, 0.4) is 0 Å². The van der Waals surface area contributed by atoms with Crippen LogP contribution < -0.4 is 9.47 Å². The highest BCUT2D eigenvalue weighted by Crippen LogP contribution is 2.31. The zero-order valence-corrected chi connectivity index (χ0v) is 14.2. The molecule has 0 radical (unpaired) electrons. The molecule has 1 aromatic carbocycles. The number of carbonyl (C=O) groups excluding carboxylic acids is 1. The SMILES string of the molecule is CCOc1cc(C=CC(=O)N2CCC(C)(C(=O)O)C2)ccc1OC. The maximum Gasteiger partial charge on any atom is 0.311 e. The normalized spacial score (nSPS) is 20.4. The summed E-state index contributed by atoms with van der Waals surface area (Å²) < 4.78 is 10.7. The van der Waals surface area contributed by atoms with Crippen molar-refractivity contribution in [2.45, 2.75) is 20.3 Å². The van der Waals surface area contributed by atoms with E-state index in [1.807, 2.05) is 13.0 Å². The summed E-state index contributed by atoms with van der Waals surface area (Å²) in [5.74, 6) is 0.207. The zero-order chi connectivity index (χ0) is 17.7. The Morgan fingerprint density at radius 3 is 2.71 bits per heavy atom. The molecule has 0 saturated carbocycles. The van der Waals surface area contributed by atoms with Crippen LogP contribution in [0.15, 0.2) is 24.3 Å². The van der Waals surface area contributed by atoms with Crippen molar-refractivity contribution in [1.29, 1.82) is 0 Å². The molecule has 24 heavy (non-hydrogen) atoms. The van der Waals surface area contributed by atoms with Gasteiger partial charge in [0.1, 0.15) is 0 Å². The monoisotopic (exact) mass is 333 g/mol. The first-order valence-corrected chi connectivity index (χ1v) is 7.91. The summed E-state index contributed by atoms with van der Waals surface area (Å²) in [4.78, 5) is 25.1. The molecule has 1 aromatic rings. The number of carboxylic acid groups (broad SMARTS) is 1. The van der Waals surface area contributed by atoms with Gasteiger partial charge in [-0.25, -0.2) is 0 Å². The summed E-state index contributed by atoms with van der Waals surface area (Å²) in [6.45, 7) is 4.77. The third-order valence-electron chi connectivity index (χ3n) is 4.21. The minimum absolute atomic E-state index is 0.186. The Morgan fingerprint density at radius 1 is 1.38 bits per heavy atom. The molecule has 6 heteroatoms. The predicted molar refractivity (Wildman–Crippen MR) is 90.1 cm³/mol. The van der Waals surface area contributed by atoms with Crippen LogP contribution in [0.1, 0.15) is 25.8 Å². The molecular weight excluding hydrogens is 310 g/mol. The maximum absolute atomic E-state index is 12.3. The van der Waals surface area contributed by atoms with Crippen molar-refractivity contribution in [3.05, 3.63) is 29.8 Å². The number of hydrogen-bond acceptors (Lipinski definition) is 4. The van der Waals surface area contributed by atoms with Gasteiger partial charge >= 0.3 is 5.97 Å². The Kier molecular flexibility index (Phi) is 5.49. The fourth-order valence-corrected chi connectivity index (χ4v) is 2.66. The Bertz CT molecular complexity index is 655. The second-order valence-corrected chi connectivity index (χ2v) is 6.05. The number of aliphatic carboxylic acids is 1. The van der Waals surface area contributed by atoms with Gasteiger partial charge in [-0.3, -0.25) is 9.59 Å². The molecule has 1 unspecified atom stereocenters. The van der Waals surface area contributed by atoms with Gasteiger partial charge in [-0.15, -0.1) is 0 Å². The zero-order valence-electron chi connectivity index (χ0n) is 14.2. The summed E-state index contributed by atoms with van der Waals surface area (Å²) in [5.41, 5.74) is -0.0426. The van der Waals surface area contributed by atoms with E-state index in [2.05, 4.69) is 0 Å². The summed E-state index contributed by atoms with van der Waals surface area (Å²) in [6, 6.07) is 5.42. The first kappa shape index (κ1) is 17.8. The summed E-state index contributed by atoms with van der Waals surface area (Å²) in [6.07, 6.45) is 3.63. The number of rotatable bonds is 6. The predicted octanol–water partition coefficient (Wildman–Crippen LogP) is 2.43. The summed E-state index contributed by atoms with van der Waals surface area (Å²) >= 11 is 0. The van der Waals surface area contributed by atoms with Crippen molar-refractivity contribution in [1.82, 2.24) is 4.90 Å². The van der Waals surface area contributed by atoms with Gasteiger partial charge in [0.15, 0.2) is 11.5 Å². The van der Waals surface area contributed by atoms with E-state index in [0.29, 0.717) is 31.1 Å². The molecule has 2 rings (SSSR count). The number of carbonyl (C=O) groups is 2. The molecule has 0 spiro atoms. The number of carboxylic acids is 1. The van der Waals surface area contributed by atoms with Crippen LogP contribution in [0.2, 0.25) is 0 Å². The van der Waals surface area contributed by atoms with Crippen LogP contribution in [-0.4, -0.2) is 48.7 Å². The molecule has 1 heterocycles. The molecule has 1 aliphatic heterocycles. The van der Waals surface area contributed by atoms with E-state index >= 15 is 0 Å². The average molecular weight is 333 g/mol. The molecule has 1 N–H and O–H groups in total. The summed E-state index contributed by atoms with van der Waals surface area (Å²) in [5, 5.41) is 9.23. The summed E-state index contributed by atoms with van der Waals surface area (Å²) in [7, 11) is 1.57. The number of methoxy groups -OCH3 is 1. The number of ether oxygens (including phenoxy) is 2.